The Kier molecular flexibility index (Phi) is 6.92. The van der Waals surface area contributed by atoms with Crippen LogP contribution in [-0.4, -0.2) is 20.3 Å². The van der Waals surface area contributed by atoms with Crippen LogP contribution in [0.2, 0.25) is 0 Å². The molecule has 2 aromatic carbocycles. The van der Waals surface area contributed by atoms with Gasteiger partial charge in [0.2, 0.25) is 0 Å². The van der Waals surface area contributed by atoms with E-state index in [-0.39, 0.29) is 5.41 Å². The summed E-state index contributed by atoms with van der Waals surface area (Å²) in [4.78, 5) is 0. The number of aryl methyl sites for hydroxylation is 1. The molecule has 0 saturated heterocycles. The molecule has 0 unspecified atom stereocenters. The van der Waals surface area contributed by atoms with Crippen molar-refractivity contribution < 1.29 is 14.2 Å². The number of hydrogen-bond acceptors (Lipinski definition) is 4. The Morgan fingerprint density at radius 2 is 1.46 bits per heavy atom. The molecule has 0 aromatic heterocycles. The summed E-state index contributed by atoms with van der Waals surface area (Å²) in [5, 5.41) is 0. The van der Waals surface area contributed by atoms with Gasteiger partial charge in [-0.2, -0.15) is 0 Å². The zero-order chi connectivity index (χ0) is 19.2. The molecule has 0 fully saturated rings. The largest absolute Gasteiger partial charge is 0.493 e. The summed E-state index contributed by atoms with van der Waals surface area (Å²) in [6.07, 6.45) is 1.02. The molecule has 0 amide bonds. The fourth-order valence-corrected chi connectivity index (χ4v) is 2.77. The molecule has 4 nitrogen and oxygen atoms in total. The van der Waals surface area contributed by atoms with Crippen molar-refractivity contribution in [2.24, 2.45) is 5.73 Å². The van der Waals surface area contributed by atoms with E-state index in [2.05, 4.69) is 45.9 Å². The molecule has 0 heterocycles. The topological polar surface area (TPSA) is 53.7 Å². The Hall–Kier alpha value is -2.20. The van der Waals surface area contributed by atoms with Crippen molar-refractivity contribution in [1.29, 1.82) is 0 Å². The average molecular weight is 357 g/mol. The Morgan fingerprint density at radius 3 is 2.04 bits per heavy atom. The fourth-order valence-electron chi connectivity index (χ4n) is 2.77. The molecule has 0 aliphatic rings. The molecule has 4 heteroatoms. The summed E-state index contributed by atoms with van der Waals surface area (Å²) >= 11 is 0. The maximum absolute atomic E-state index is 6.02. The van der Waals surface area contributed by atoms with Crippen molar-refractivity contribution >= 4 is 0 Å². The average Bonchev–Trinajstić information content (AvgIpc) is 2.64. The highest BCUT2D eigenvalue weighted by Gasteiger charge is 2.19. The first-order valence-corrected chi connectivity index (χ1v) is 9.15. The lowest BCUT2D eigenvalue weighted by atomic mass is 9.85. The number of ether oxygens (including phenoxy) is 3. The van der Waals surface area contributed by atoms with E-state index in [0.29, 0.717) is 31.3 Å². The second-order valence-electron chi connectivity index (χ2n) is 7.32. The van der Waals surface area contributed by atoms with Crippen molar-refractivity contribution in [3.05, 3.63) is 53.1 Å². The third kappa shape index (κ3) is 5.15. The van der Waals surface area contributed by atoms with Crippen LogP contribution in [-0.2, 0) is 18.4 Å². The van der Waals surface area contributed by atoms with Gasteiger partial charge in [-0.15, -0.1) is 0 Å². The molecule has 0 aliphatic heterocycles. The van der Waals surface area contributed by atoms with Crippen molar-refractivity contribution in [2.75, 3.05) is 20.3 Å². The van der Waals surface area contributed by atoms with Gasteiger partial charge in [-0.25, -0.2) is 0 Å². The van der Waals surface area contributed by atoms with Gasteiger partial charge >= 0.3 is 0 Å². The molecule has 0 bridgehead atoms. The molecule has 0 aliphatic carbocycles. The van der Waals surface area contributed by atoms with Crippen LogP contribution in [0.4, 0.5) is 0 Å². The van der Waals surface area contributed by atoms with Crippen molar-refractivity contribution in [3.63, 3.8) is 0 Å². The van der Waals surface area contributed by atoms with Gasteiger partial charge in [0.25, 0.3) is 0 Å². The van der Waals surface area contributed by atoms with Gasteiger partial charge in [0, 0.05) is 6.54 Å². The second kappa shape index (κ2) is 8.95. The van der Waals surface area contributed by atoms with Gasteiger partial charge in [-0.05, 0) is 46.7 Å². The van der Waals surface area contributed by atoms with E-state index in [1.54, 1.807) is 7.11 Å². The van der Waals surface area contributed by atoms with Crippen LogP contribution in [0.3, 0.4) is 0 Å². The van der Waals surface area contributed by atoms with E-state index >= 15 is 0 Å². The van der Waals surface area contributed by atoms with Crippen LogP contribution in [0.5, 0.6) is 17.2 Å². The SMILES string of the molecule is CCc1ccc(OCCOc2cc(CN)ccc2OC)c(C(C)(C)C)c1. The lowest BCUT2D eigenvalue weighted by molar-refractivity contribution is 0.208. The van der Waals surface area contributed by atoms with Crippen LogP contribution < -0.4 is 19.9 Å². The zero-order valence-corrected chi connectivity index (χ0v) is 16.6. The zero-order valence-electron chi connectivity index (χ0n) is 16.6. The summed E-state index contributed by atoms with van der Waals surface area (Å²) in [5.74, 6) is 2.31. The first kappa shape index (κ1) is 20.1. The molecule has 0 spiro atoms. The highest BCUT2D eigenvalue weighted by molar-refractivity contribution is 5.43. The minimum atomic E-state index is 0.0278. The van der Waals surface area contributed by atoms with Gasteiger partial charge in [0.05, 0.1) is 7.11 Å². The number of nitrogens with two attached hydrogens (primary N) is 1. The van der Waals surface area contributed by atoms with Crippen LogP contribution in [0.25, 0.3) is 0 Å². The third-order valence-corrected chi connectivity index (χ3v) is 4.32. The van der Waals surface area contributed by atoms with E-state index in [9.17, 15) is 0 Å². The highest BCUT2D eigenvalue weighted by Crippen LogP contribution is 2.32. The summed E-state index contributed by atoms with van der Waals surface area (Å²) in [7, 11) is 1.63. The van der Waals surface area contributed by atoms with E-state index in [1.807, 2.05) is 18.2 Å². The van der Waals surface area contributed by atoms with Gasteiger partial charge in [-0.3, -0.25) is 0 Å². The molecular formula is C22H31NO3. The van der Waals surface area contributed by atoms with Gasteiger partial charge < -0.3 is 19.9 Å². The Bertz CT molecular complexity index is 720. The Balaban J connectivity index is 2.02. The minimum absolute atomic E-state index is 0.0278. The van der Waals surface area contributed by atoms with E-state index in [1.165, 1.54) is 11.1 Å². The normalized spacial score (nSPS) is 11.3. The predicted molar refractivity (Wildman–Crippen MR) is 106 cm³/mol. The molecule has 0 atom stereocenters. The molecule has 26 heavy (non-hydrogen) atoms. The van der Waals surface area contributed by atoms with E-state index < -0.39 is 0 Å². The van der Waals surface area contributed by atoms with Gasteiger partial charge in [0.15, 0.2) is 11.5 Å². The number of benzene rings is 2. The van der Waals surface area contributed by atoms with Crippen LogP contribution in [0.1, 0.15) is 44.4 Å². The summed E-state index contributed by atoms with van der Waals surface area (Å²) in [5.41, 5.74) is 9.28. The number of methoxy groups -OCH3 is 1. The third-order valence-electron chi connectivity index (χ3n) is 4.32. The molecule has 0 radical (unpaired) electrons. The van der Waals surface area contributed by atoms with E-state index in [4.69, 9.17) is 19.9 Å². The van der Waals surface area contributed by atoms with Crippen molar-refractivity contribution in [3.8, 4) is 17.2 Å². The Labute approximate surface area is 157 Å². The van der Waals surface area contributed by atoms with Crippen LogP contribution in [0, 0.1) is 0 Å². The number of hydrogen-bond donors (Lipinski definition) is 1. The van der Waals surface area contributed by atoms with Crippen LogP contribution >= 0.6 is 0 Å². The monoisotopic (exact) mass is 357 g/mol. The van der Waals surface area contributed by atoms with E-state index in [0.717, 1.165) is 17.7 Å². The summed E-state index contributed by atoms with van der Waals surface area (Å²) < 4.78 is 17.2. The standard InChI is InChI=1S/C22H31NO3/c1-6-16-7-9-19(18(13-16)22(2,3)4)25-11-12-26-21-14-17(15-23)8-10-20(21)24-5/h7-10,13-14H,6,11-12,15,23H2,1-5H3. The first-order chi connectivity index (χ1) is 12.4. The highest BCUT2D eigenvalue weighted by atomic mass is 16.5. The van der Waals surface area contributed by atoms with Gasteiger partial charge in [0.1, 0.15) is 19.0 Å². The summed E-state index contributed by atoms with van der Waals surface area (Å²) in [6.45, 7) is 10.1. The maximum Gasteiger partial charge on any atom is 0.161 e. The lowest BCUT2D eigenvalue weighted by Gasteiger charge is -2.24. The van der Waals surface area contributed by atoms with Gasteiger partial charge in [-0.1, -0.05) is 45.9 Å². The maximum atomic E-state index is 6.02. The molecular weight excluding hydrogens is 326 g/mol. The molecule has 2 N–H and O–H groups in total. The molecule has 2 aromatic rings. The van der Waals surface area contributed by atoms with Crippen molar-refractivity contribution in [2.45, 2.75) is 46.1 Å². The quantitative estimate of drug-likeness (QED) is 0.708. The number of rotatable bonds is 8. The lowest BCUT2D eigenvalue weighted by Crippen LogP contribution is -2.16. The fraction of sp³-hybridized carbons (Fsp3) is 0.455. The minimum Gasteiger partial charge on any atom is -0.493 e. The smallest absolute Gasteiger partial charge is 0.161 e. The van der Waals surface area contributed by atoms with Crippen molar-refractivity contribution in [1.82, 2.24) is 0 Å². The second-order valence-corrected chi connectivity index (χ2v) is 7.32. The summed E-state index contributed by atoms with van der Waals surface area (Å²) in [6, 6.07) is 12.2. The Morgan fingerprint density at radius 1 is 0.846 bits per heavy atom. The molecule has 2 rings (SSSR count). The predicted octanol–water partition coefficient (Wildman–Crippen LogP) is 4.47. The van der Waals surface area contributed by atoms with Crippen LogP contribution in [0.15, 0.2) is 36.4 Å². The molecule has 142 valence electrons. The first-order valence-electron chi connectivity index (χ1n) is 9.15. The molecule has 0 saturated carbocycles.